The van der Waals surface area contributed by atoms with E-state index in [9.17, 15) is 14.7 Å². The Morgan fingerprint density at radius 2 is 1.83 bits per heavy atom. The first-order chi connectivity index (χ1) is 14.6. The van der Waals surface area contributed by atoms with Gasteiger partial charge in [-0.1, -0.05) is 18.2 Å². The summed E-state index contributed by atoms with van der Waals surface area (Å²) in [5.74, 6) is 0.316. The molecule has 2 fully saturated rings. The molecule has 1 amide bonds. The average molecular weight is 403 g/mol. The number of hydrogen-bond donors (Lipinski definition) is 1. The summed E-state index contributed by atoms with van der Waals surface area (Å²) in [6.07, 6.45) is 7.44. The summed E-state index contributed by atoms with van der Waals surface area (Å²) < 4.78 is 1.88. The minimum absolute atomic E-state index is 0.0183. The van der Waals surface area contributed by atoms with E-state index in [2.05, 4.69) is 4.98 Å². The van der Waals surface area contributed by atoms with Crippen LogP contribution >= 0.6 is 0 Å². The molecule has 6 heteroatoms. The zero-order chi connectivity index (χ0) is 20.7. The molecule has 3 heterocycles. The maximum atomic E-state index is 13.0. The first-order valence-corrected chi connectivity index (χ1v) is 10.6. The van der Waals surface area contributed by atoms with Crippen molar-refractivity contribution in [2.45, 2.75) is 31.9 Å². The van der Waals surface area contributed by atoms with Gasteiger partial charge in [0.2, 0.25) is 5.91 Å². The molecule has 0 radical (unpaired) electrons. The van der Waals surface area contributed by atoms with Crippen LogP contribution in [0.5, 0.6) is 0 Å². The van der Waals surface area contributed by atoms with E-state index in [1.165, 1.54) is 0 Å². The second kappa shape index (κ2) is 7.69. The molecule has 1 N–H and O–H groups in total. The van der Waals surface area contributed by atoms with E-state index in [0.717, 1.165) is 41.3 Å². The van der Waals surface area contributed by atoms with Gasteiger partial charge in [0.05, 0.1) is 6.10 Å². The first kappa shape index (κ1) is 19.0. The minimum atomic E-state index is -0.532. The second-order valence-electron chi connectivity index (χ2n) is 8.51. The number of β-amino-alcohol motifs (C(OH)–C–C–N with tert-alkyl or cyclic N) is 1. The van der Waals surface area contributed by atoms with Gasteiger partial charge < -0.3 is 14.6 Å². The molecule has 0 spiro atoms. The third kappa shape index (κ3) is 3.63. The summed E-state index contributed by atoms with van der Waals surface area (Å²) in [6.45, 7) is 1.06. The zero-order valence-corrected chi connectivity index (χ0v) is 16.8. The van der Waals surface area contributed by atoms with E-state index >= 15 is 0 Å². The Bertz CT molecular complexity index is 1090. The van der Waals surface area contributed by atoms with Crippen LogP contribution in [0.2, 0.25) is 0 Å². The maximum Gasteiger partial charge on any atom is 0.242 e. The number of amides is 1. The molecule has 0 bridgehead atoms. The van der Waals surface area contributed by atoms with Crippen LogP contribution in [-0.4, -0.2) is 50.4 Å². The standard InChI is InChI=1S/C24H25N3O3/c28-22-14-27(12-18(22)11-16-7-9-25-10-8-16)23(29)15-26-13-20(24(30)17-5-6-17)19-3-1-2-4-21(19)26/h1-4,7-10,13,17-18,22,28H,5-6,11-12,14-15H2/t18-,22+/m1/s1. The molecule has 30 heavy (non-hydrogen) atoms. The number of carbonyl (C=O) groups excluding carboxylic acids is 2. The molecule has 154 valence electrons. The number of aliphatic hydroxyl groups excluding tert-OH is 1. The summed E-state index contributed by atoms with van der Waals surface area (Å²) in [7, 11) is 0. The summed E-state index contributed by atoms with van der Waals surface area (Å²) in [5.41, 5.74) is 2.74. The number of fused-ring (bicyclic) bond motifs is 1. The van der Waals surface area contributed by atoms with Crippen LogP contribution in [-0.2, 0) is 17.8 Å². The summed E-state index contributed by atoms with van der Waals surface area (Å²) in [5, 5.41) is 11.4. The van der Waals surface area contributed by atoms with Gasteiger partial charge in [0.25, 0.3) is 0 Å². The van der Waals surface area contributed by atoms with Gasteiger partial charge in [-0.2, -0.15) is 0 Å². The Morgan fingerprint density at radius 1 is 1.07 bits per heavy atom. The number of para-hydroxylation sites is 1. The molecule has 0 unspecified atom stereocenters. The van der Waals surface area contributed by atoms with Crippen molar-refractivity contribution in [1.82, 2.24) is 14.5 Å². The van der Waals surface area contributed by atoms with Gasteiger partial charge in [0.1, 0.15) is 6.54 Å². The fourth-order valence-corrected chi connectivity index (χ4v) is 4.47. The van der Waals surface area contributed by atoms with Crippen molar-refractivity contribution in [3.05, 3.63) is 66.1 Å². The average Bonchev–Trinajstić information content (AvgIpc) is 3.47. The maximum absolute atomic E-state index is 13.0. The normalized spacial score (nSPS) is 21.3. The van der Waals surface area contributed by atoms with E-state index in [1.807, 2.05) is 47.2 Å². The molecule has 2 aliphatic rings. The number of hydrogen-bond acceptors (Lipinski definition) is 4. The van der Waals surface area contributed by atoms with Crippen molar-refractivity contribution >= 4 is 22.6 Å². The van der Waals surface area contributed by atoms with Crippen LogP contribution in [0.4, 0.5) is 0 Å². The third-order valence-electron chi connectivity index (χ3n) is 6.31. The number of ketones is 1. The number of benzene rings is 1. The van der Waals surface area contributed by atoms with Crippen LogP contribution in [0.1, 0.15) is 28.8 Å². The van der Waals surface area contributed by atoms with E-state index in [-0.39, 0.29) is 30.1 Å². The molecule has 1 saturated heterocycles. The lowest BCUT2D eigenvalue weighted by atomic mass is 9.97. The van der Waals surface area contributed by atoms with Gasteiger partial charge in [-0.15, -0.1) is 0 Å². The quantitative estimate of drug-likeness (QED) is 0.642. The van der Waals surface area contributed by atoms with E-state index in [0.29, 0.717) is 13.1 Å². The highest BCUT2D eigenvalue weighted by Gasteiger charge is 2.35. The van der Waals surface area contributed by atoms with Gasteiger partial charge >= 0.3 is 0 Å². The summed E-state index contributed by atoms with van der Waals surface area (Å²) >= 11 is 0. The van der Waals surface area contributed by atoms with E-state index < -0.39 is 6.10 Å². The second-order valence-corrected chi connectivity index (χ2v) is 8.51. The lowest BCUT2D eigenvalue weighted by Gasteiger charge is -2.17. The van der Waals surface area contributed by atoms with Crippen molar-refractivity contribution in [2.24, 2.45) is 11.8 Å². The number of rotatable bonds is 6. The molecule has 1 saturated carbocycles. The van der Waals surface area contributed by atoms with E-state index in [1.54, 1.807) is 17.3 Å². The van der Waals surface area contributed by atoms with Crippen molar-refractivity contribution < 1.29 is 14.7 Å². The molecule has 2 atom stereocenters. The SMILES string of the molecule is O=C(c1cn(CC(=O)N2C[C@@H](Cc3ccncc3)[C@@H](O)C2)c2ccccc12)C1CC1. The number of likely N-dealkylation sites (tertiary alicyclic amines) is 1. The molecule has 3 aromatic rings. The highest BCUT2D eigenvalue weighted by molar-refractivity contribution is 6.10. The van der Waals surface area contributed by atoms with Crippen molar-refractivity contribution in [2.75, 3.05) is 13.1 Å². The van der Waals surface area contributed by atoms with Gasteiger partial charge in [-0.3, -0.25) is 14.6 Å². The van der Waals surface area contributed by atoms with E-state index in [4.69, 9.17) is 0 Å². The smallest absolute Gasteiger partial charge is 0.242 e. The molecule has 5 rings (SSSR count). The Balaban J connectivity index is 1.32. The molecular weight excluding hydrogens is 378 g/mol. The number of carbonyl (C=O) groups is 2. The monoisotopic (exact) mass is 403 g/mol. The van der Waals surface area contributed by atoms with Gasteiger partial charge in [-0.25, -0.2) is 0 Å². The molecule has 6 nitrogen and oxygen atoms in total. The number of Topliss-reactive ketones (excluding diaryl/α,β-unsaturated/α-hetero) is 1. The number of aliphatic hydroxyl groups is 1. The Kier molecular flexibility index (Phi) is 4.87. The lowest BCUT2D eigenvalue weighted by molar-refractivity contribution is -0.131. The minimum Gasteiger partial charge on any atom is -0.391 e. The third-order valence-corrected chi connectivity index (χ3v) is 6.31. The number of pyridine rings is 1. The first-order valence-electron chi connectivity index (χ1n) is 10.6. The Hall–Kier alpha value is -2.99. The lowest BCUT2D eigenvalue weighted by Crippen LogP contribution is -2.32. The zero-order valence-electron chi connectivity index (χ0n) is 16.8. The Morgan fingerprint density at radius 3 is 2.60 bits per heavy atom. The summed E-state index contributed by atoms with van der Waals surface area (Å²) in [4.78, 5) is 31.5. The van der Waals surface area contributed by atoms with Crippen LogP contribution in [0.25, 0.3) is 10.9 Å². The number of aromatic nitrogens is 2. The topological polar surface area (TPSA) is 75.4 Å². The van der Waals surface area contributed by atoms with Crippen molar-refractivity contribution in [3.63, 3.8) is 0 Å². The molecule has 1 aromatic carbocycles. The molecule has 2 aromatic heterocycles. The Labute approximate surface area is 175 Å². The largest absolute Gasteiger partial charge is 0.391 e. The van der Waals surface area contributed by atoms with Crippen LogP contribution in [0.15, 0.2) is 55.0 Å². The van der Waals surface area contributed by atoms with Gasteiger partial charge in [0.15, 0.2) is 5.78 Å². The molecule has 1 aliphatic heterocycles. The van der Waals surface area contributed by atoms with Gasteiger partial charge in [-0.05, 0) is 43.0 Å². The highest BCUT2D eigenvalue weighted by Crippen LogP contribution is 2.35. The van der Waals surface area contributed by atoms with Crippen molar-refractivity contribution in [3.8, 4) is 0 Å². The van der Waals surface area contributed by atoms with Crippen LogP contribution < -0.4 is 0 Å². The fourth-order valence-electron chi connectivity index (χ4n) is 4.47. The van der Waals surface area contributed by atoms with Gasteiger partial charge in [0, 0.05) is 60.0 Å². The van der Waals surface area contributed by atoms with Crippen LogP contribution in [0, 0.1) is 11.8 Å². The fraction of sp³-hybridized carbons (Fsp3) is 0.375. The summed E-state index contributed by atoms with van der Waals surface area (Å²) in [6, 6.07) is 11.7. The highest BCUT2D eigenvalue weighted by atomic mass is 16.3. The molecule has 1 aliphatic carbocycles. The molecular formula is C24H25N3O3. The number of nitrogens with zero attached hydrogens (tertiary/aromatic N) is 3. The van der Waals surface area contributed by atoms with Crippen LogP contribution in [0.3, 0.4) is 0 Å². The predicted molar refractivity (Wildman–Crippen MR) is 113 cm³/mol. The van der Waals surface area contributed by atoms with Crippen molar-refractivity contribution in [1.29, 1.82) is 0 Å². The predicted octanol–water partition coefficient (Wildman–Crippen LogP) is 2.69.